The van der Waals surface area contributed by atoms with Crippen molar-refractivity contribution in [2.45, 2.75) is 19.6 Å². The highest BCUT2D eigenvalue weighted by Gasteiger charge is 2.19. The highest BCUT2D eigenvalue weighted by Crippen LogP contribution is 2.22. The lowest BCUT2D eigenvalue weighted by atomic mass is 10.2. The molecule has 0 saturated heterocycles. The Hall–Kier alpha value is -0.920. The number of nitrogens with zero attached hydrogens (tertiary/aromatic N) is 2. The first kappa shape index (κ1) is 14.1. The lowest BCUT2D eigenvalue weighted by Crippen LogP contribution is -2.28. The average molecular weight is 326 g/mol. The molecule has 0 aliphatic rings. The molecule has 0 aromatic carbocycles. The molecule has 1 rings (SSSR count). The lowest BCUT2D eigenvalue weighted by molar-refractivity contribution is -0.386. The van der Waals surface area contributed by atoms with Crippen LogP contribution in [-0.4, -0.2) is 26.6 Å². The van der Waals surface area contributed by atoms with Crippen LogP contribution in [0.1, 0.15) is 5.56 Å². The third kappa shape index (κ3) is 3.05. The third-order valence-electron chi connectivity index (χ3n) is 2.22. The van der Waals surface area contributed by atoms with Crippen LogP contribution in [0.5, 0.6) is 0 Å². The standard InChI is InChI=1S/C9H10BrClN2O4/c1-5-7(13(16)17)4-12(3-6(14)2-11)9(15)8(5)10/h4,6,14H,2-3H2,1H3. The fourth-order valence-electron chi connectivity index (χ4n) is 1.30. The number of halogens is 2. The third-order valence-corrected chi connectivity index (χ3v) is 3.51. The molecule has 1 N–H and O–H groups in total. The number of hydrogen-bond donors (Lipinski definition) is 1. The maximum Gasteiger partial charge on any atom is 0.289 e. The van der Waals surface area contributed by atoms with E-state index in [1.54, 1.807) is 0 Å². The second-order valence-corrected chi connectivity index (χ2v) is 4.58. The van der Waals surface area contributed by atoms with Crippen molar-refractivity contribution in [1.82, 2.24) is 4.57 Å². The van der Waals surface area contributed by atoms with Crippen molar-refractivity contribution in [3.63, 3.8) is 0 Å². The Kier molecular flexibility index (Phi) is 4.67. The van der Waals surface area contributed by atoms with Gasteiger partial charge < -0.3 is 9.67 Å². The van der Waals surface area contributed by atoms with Crippen LogP contribution in [0, 0.1) is 17.0 Å². The summed E-state index contributed by atoms with van der Waals surface area (Å²) in [6, 6.07) is 0. The normalized spacial score (nSPS) is 12.5. The highest BCUT2D eigenvalue weighted by atomic mass is 79.9. The van der Waals surface area contributed by atoms with E-state index in [2.05, 4.69) is 15.9 Å². The molecule has 0 aliphatic heterocycles. The van der Waals surface area contributed by atoms with Crippen LogP contribution < -0.4 is 5.56 Å². The molecule has 0 saturated carbocycles. The zero-order chi connectivity index (χ0) is 13.2. The molecule has 1 aromatic heterocycles. The van der Waals surface area contributed by atoms with Gasteiger partial charge in [0.1, 0.15) is 0 Å². The number of aliphatic hydroxyl groups is 1. The molecule has 0 aliphatic carbocycles. The molecule has 17 heavy (non-hydrogen) atoms. The summed E-state index contributed by atoms with van der Waals surface area (Å²) in [5, 5.41) is 20.1. The number of aliphatic hydroxyl groups excluding tert-OH is 1. The molecular formula is C9H10BrClN2O4. The maximum absolute atomic E-state index is 11.8. The van der Waals surface area contributed by atoms with Crippen LogP contribution in [0.2, 0.25) is 0 Å². The summed E-state index contributed by atoms with van der Waals surface area (Å²) in [4.78, 5) is 21.9. The van der Waals surface area contributed by atoms with Crippen molar-refractivity contribution >= 4 is 33.2 Å². The van der Waals surface area contributed by atoms with Crippen LogP contribution in [0.4, 0.5) is 5.69 Å². The fraction of sp³-hybridized carbons (Fsp3) is 0.444. The quantitative estimate of drug-likeness (QED) is 0.515. The molecule has 1 atom stereocenters. The SMILES string of the molecule is Cc1c([N+](=O)[O-])cn(CC(O)CCl)c(=O)c1Br. The van der Waals surface area contributed by atoms with Crippen LogP contribution in [0.3, 0.4) is 0 Å². The first-order valence-electron chi connectivity index (χ1n) is 4.66. The maximum atomic E-state index is 11.8. The minimum atomic E-state index is -0.927. The first-order chi connectivity index (χ1) is 7.88. The topological polar surface area (TPSA) is 85.4 Å². The summed E-state index contributed by atoms with van der Waals surface area (Å²) >= 11 is 8.43. The Bertz CT molecular complexity index is 503. The van der Waals surface area contributed by atoms with E-state index < -0.39 is 16.6 Å². The molecule has 8 heteroatoms. The van der Waals surface area contributed by atoms with Crippen molar-refractivity contribution in [2.75, 3.05) is 5.88 Å². The molecule has 0 bridgehead atoms. The molecule has 0 fully saturated rings. The van der Waals surface area contributed by atoms with E-state index >= 15 is 0 Å². The van der Waals surface area contributed by atoms with Crippen molar-refractivity contribution < 1.29 is 10.0 Å². The Balaban J connectivity index is 3.32. The summed E-state index contributed by atoms with van der Waals surface area (Å²) in [7, 11) is 0. The highest BCUT2D eigenvalue weighted by molar-refractivity contribution is 9.10. The van der Waals surface area contributed by atoms with Crippen LogP contribution in [0.25, 0.3) is 0 Å². The van der Waals surface area contributed by atoms with Gasteiger partial charge in [0, 0.05) is 5.56 Å². The van der Waals surface area contributed by atoms with Gasteiger partial charge in [-0.05, 0) is 22.9 Å². The Morgan fingerprint density at radius 2 is 2.29 bits per heavy atom. The van der Waals surface area contributed by atoms with Gasteiger partial charge in [0.25, 0.3) is 11.2 Å². The molecule has 1 heterocycles. The van der Waals surface area contributed by atoms with E-state index in [4.69, 9.17) is 11.6 Å². The van der Waals surface area contributed by atoms with Gasteiger partial charge in [-0.15, -0.1) is 11.6 Å². The van der Waals surface area contributed by atoms with Crippen molar-refractivity contribution in [3.05, 3.63) is 36.7 Å². The van der Waals surface area contributed by atoms with Crippen molar-refractivity contribution in [1.29, 1.82) is 0 Å². The summed E-state index contributed by atoms with van der Waals surface area (Å²) in [5.74, 6) is -0.0499. The number of pyridine rings is 1. The number of alkyl halides is 1. The molecule has 0 amide bonds. The van der Waals surface area contributed by atoms with E-state index in [1.165, 1.54) is 6.92 Å². The van der Waals surface area contributed by atoms with Crippen LogP contribution >= 0.6 is 27.5 Å². The minimum Gasteiger partial charge on any atom is -0.390 e. The summed E-state index contributed by atoms with van der Waals surface area (Å²) < 4.78 is 1.19. The first-order valence-corrected chi connectivity index (χ1v) is 5.99. The number of nitro groups is 1. The Morgan fingerprint density at radius 1 is 1.71 bits per heavy atom. The van der Waals surface area contributed by atoms with Gasteiger partial charge in [-0.3, -0.25) is 14.9 Å². The van der Waals surface area contributed by atoms with Crippen molar-refractivity contribution in [2.24, 2.45) is 0 Å². The number of rotatable bonds is 4. The van der Waals surface area contributed by atoms with Gasteiger partial charge in [-0.1, -0.05) is 0 Å². The largest absolute Gasteiger partial charge is 0.390 e. The van der Waals surface area contributed by atoms with E-state index in [0.29, 0.717) is 0 Å². The Morgan fingerprint density at radius 3 is 2.76 bits per heavy atom. The smallest absolute Gasteiger partial charge is 0.289 e. The summed E-state index contributed by atoms with van der Waals surface area (Å²) in [5.41, 5.74) is -0.355. The van der Waals surface area contributed by atoms with E-state index in [0.717, 1.165) is 10.8 Å². The minimum absolute atomic E-state index is 0.0499. The molecular weight excluding hydrogens is 315 g/mol. The molecule has 6 nitrogen and oxygen atoms in total. The average Bonchev–Trinajstić information content (AvgIpc) is 2.29. The van der Waals surface area contributed by atoms with Gasteiger partial charge in [-0.25, -0.2) is 0 Å². The summed E-state index contributed by atoms with van der Waals surface area (Å²) in [6.45, 7) is 1.40. The number of aromatic nitrogens is 1. The second kappa shape index (κ2) is 5.61. The van der Waals surface area contributed by atoms with Gasteiger partial charge in [0.2, 0.25) is 0 Å². The fourth-order valence-corrected chi connectivity index (χ4v) is 1.83. The van der Waals surface area contributed by atoms with Gasteiger partial charge in [0.05, 0.1) is 34.1 Å². The summed E-state index contributed by atoms with van der Waals surface area (Å²) in [6.07, 6.45) is 0.182. The van der Waals surface area contributed by atoms with Crippen LogP contribution in [-0.2, 0) is 6.54 Å². The number of hydrogen-bond acceptors (Lipinski definition) is 4. The zero-order valence-electron chi connectivity index (χ0n) is 8.89. The van der Waals surface area contributed by atoms with Gasteiger partial charge in [-0.2, -0.15) is 0 Å². The van der Waals surface area contributed by atoms with E-state index in [-0.39, 0.29) is 28.1 Å². The van der Waals surface area contributed by atoms with E-state index in [9.17, 15) is 20.0 Å². The molecule has 94 valence electrons. The van der Waals surface area contributed by atoms with Gasteiger partial charge >= 0.3 is 0 Å². The van der Waals surface area contributed by atoms with Gasteiger partial charge in [0.15, 0.2) is 0 Å². The van der Waals surface area contributed by atoms with Crippen LogP contribution in [0.15, 0.2) is 15.5 Å². The van der Waals surface area contributed by atoms with Crippen molar-refractivity contribution in [3.8, 4) is 0 Å². The monoisotopic (exact) mass is 324 g/mol. The lowest BCUT2D eigenvalue weighted by Gasteiger charge is -2.11. The molecule has 1 unspecified atom stereocenters. The predicted octanol–water partition coefficient (Wildman–Crippen LogP) is 1.43. The zero-order valence-corrected chi connectivity index (χ0v) is 11.2. The molecule has 0 spiro atoms. The Labute approximate surface area is 110 Å². The second-order valence-electron chi connectivity index (χ2n) is 3.48. The van der Waals surface area contributed by atoms with E-state index in [1.807, 2.05) is 0 Å². The molecule has 0 radical (unpaired) electrons. The predicted molar refractivity (Wildman–Crippen MR) is 66.5 cm³/mol. The molecule has 1 aromatic rings.